The highest BCUT2D eigenvalue weighted by atomic mass is 32.1. The summed E-state index contributed by atoms with van der Waals surface area (Å²) in [5, 5.41) is 20.2. The maximum atomic E-state index is 13.6. The molecule has 0 radical (unpaired) electrons. The van der Waals surface area contributed by atoms with Crippen LogP contribution in [0.5, 0.6) is 5.75 Å². The Morgan fingerprint density at radius 3 is 2.54 bits per heavy atom. The Balaban J connectivity index is 1.15. The number of amides is 2. The van der Waals surface area contributed by atoms with E-state index in [1.165, 1.54) is 5.56 Å². The van der Waals surface area contributed by atoms with Gasteiger partial charge in [0, 0.05) is 41.3 Å². The zero-order chi connectivity index (χ0) is 33.0. The molecule has 7 nitrogen and oxygen atoms in total. The first kappa shape index (κ1) is 33.2. The molecule has 3 N–H and O–H groups in total. The molecule has 0 aliphatic carbocycles. The molecule has 1 saturated heterocycles. The Bertz CT molecular complexity index is 1710. The van der Waals surface area contributed by atoms with E-state index in [1.807, 2.05) is 55.3 Å². The Hall–Kier alpha value is -4.17. The van der Waals surface area contributed by atoms with Crippen molar-refractivity contribution in [2.45, 2.75) is 91.3 Å². The average Bonchev–Trinajstić information content (AvgIpc) is 3.67. The number of aromatic nitrogens is 1. The topological polar surface area (TPSA) is 94.6 Å². The van der Waals surface area contributed by atoms with Crippen molar-refractivity contribution >= 4 is 28.8 Å². The van der Waals surface area contributed by atoms with Crippen LogP contribution in [0.1, 0.15) is 107 Å². The number of nitrogens with one attached hydrogen (secondary N) is 2. The van der Waals surface area contributed by atoms with Gasteiger partial charge < -0.3 is 20.6 Å². The minimum absolute atomic E-state index is 0.0150. The van der Waals surface area contributed by atoms with Gasteiger partial charge in [-0.2, -0.15) is 0 Å². The quantitative estimate of drug-likeness (QED) is 0.153. The van der Waals surface area contributed by atoms with Crippen LogP contribution >= 0.6 is 11.3 Å². The summed E-state index contributed by atoms with van der Waals surface area (Å²) in [6, 6.07) is 19.5. The second-order valence-electron chi connectivity index (χ2n) is 13.6. The molecule has 46 heavy (non-hydrogen) atoms. The maximum absolute atomic E-state index is 13.6. The summed E-state index contributed by atoms with van der Waals surface area (Å²) in [6.07, 6.45) is 3.25. The van der Waals surface area contributed by atoms with Crippen LogP contribution in [0.4, 0.5) is 5.69 Å². The van der Waals surface area contributed by atoms with Gasteiger partial charge in [-0.15, -0.1) is 11.3 Å². The second-order valence-corrected chi connectivity index (χ2v) is 14.5. The largest absolute Gasteiger partial charge is 0.506 e. The van der Waals surface area contributed by atoms with Crippen molar-refractivity contribution in [1.29, 1.82) is 0 Å². The van der Waals surface area contributed by atoms with Crippen LogP contribution in [-0.2, 0) is 18.4 Å². The van der Waals surface area contributed by atoms with Crippen molar-refractivity contribution < 1.29 is 14.7 Å². The van der Waals surface area contributed by atoms with E-state index in [9.17, 15) is 14.7 Å². The zero-order valence-electron chi connectivity index (χ0n) is 27.8. The number of anilines is 1. The van der Waals surface area contributed by atoms with Gasteiger partial charge in [0.25, 0.3) is 11.8 Å². The number of rotatable bonds is 10. The molecule has 1 aromatic heterocycles. The van der Waals surface area contributed by atoms with Gasteiger partial charge in [-0.1, -0.05) is 51.1 Å². The summed E-state index contributed by atoms with van der Waals surface area (Å²) in [5.41, 5.74) is 7.07. The van der Waals surface area contributed by atoms with Crippen molar-refractivity contribution in [3.05, 3.63) is 110 Å². The van der Waals surface area contributed by atoms with Crippen molar-refractivity contribution in [3.63, 3.8) is 0 Å². The van der Waals surface area contributed by atoms with Gasteiger partial charge in [-0.05, 0) is 104 Å². The number of aryl methyl sites for hydroxylation is 3. The number of phenols is 1. The van der Waals surface area contributed by atoms with Crippen LogP contribution in [0.3, 0.4) is 0 Å². The Morgan fingerprint density at radius 2 is 1.83 bits per heavy atom. The van der Waals surface area contributed by atoms with E-state index in [2.05, 4.69) is 60.7 Å². The number of hydrogen-bond donors (Lipinski definition) is 3. The lowest BCUT2D eigenvalue weighted by atomic mass is 9.86. The standard InChI is InChI=1S/C38H46N4O3S/c1-24-17-29(21-30(18-24)37(45)42-16-8-11-33(42)36-41-26(3)23-46-36)35(44)40-25(2)12-13-27-14-15-32(34(43)20-27)39-22-28-9-7-10-31(19-28)38(4,5)6/h7,9-10,14-15,17-21,23,25,33,39,43H,8,11-13,16,22H2,1-6H3,(H,40,44)/t25-,33+/m0/s1. The minimum Gasteiger partial charge on any atom is -0.506 e. The molecule has 2 amide bonds. The van der Waals surface area contributed by atoms with Gasteiger partial charge in [-0.25, -0.2) is 4.98 Å². The molecular weight excluding hydrogens is 593 g/mol. The number of aromatic hydroxyl groups is 1. The number of carbonyl (C=O) groups excluding carboxylic acids is 2. The van der Waals surface area contributed by atoms with E-state index in [4.69, 9.17) is 0 Å². The molecule has 2 atom stereocenters. The van der Waals surface area contributed by atoms with Crippen LogP contribution in [-0.4, -0.2) is 39.4 Å². The molecule has 4 aromatic rings. The third-order valence-electron chi connectivity index (χ3n) is 8.60. The van der Waals surface area contributed by atoms with Crippen LogP contribution in [0.15, 0.2) is 66.0 Å². The summed E-state index contributed by atoms with van der Waals surface area (Å²) in [4.78, 5) is 33.4. The van der Waals surface area contributed by atoms with Crippen molar-refractivity contribution in [3.8, 4) is 5.75 Å². The molecule has 3 aromatic carbocycles. The molecule has 1 aliphatic rings. The Labute approximate surface area is 277 Å². The van der Waals surface area contributed by atoms with Crippen LogP contribution < -0.4 is 10.6 Å². The predicted octanol–water partition coefficient (Wildman–Crippen LogP) is 8.10. The number of hydrogen-bond acceptors (Lipinski definition) is 6. The molecule has 1 fully saturated rings. The molecule has 2 heterocycles. The molecule has 1 aliphatic heterocycles. The summed E-state index contributed by atoms with van der Waals surface area (Å²) < 4.78 is 0. The Kier molecular flexibility index (Phi) is 10.2. The summed E-state index contributed by atoms with van der Waals surface area (Å²) in [5.74, 6) is -0.0441. The highest BCUT2D eigenvalue weighted by Gasteiger charge is 2.33. The van der Waals surface area contributed by atoms with Crippen LogP contribution in [0.25, 0.3) is 0 Å². The van der Waals surface area contributed by atoms with E-state index in [1.54, 1.807) is 23.5 Å². The maximum Gasteiger partial charge on any atom is 0.254 e. The van der Waals surface area contributed by atoms with Gasteiger partial charge >= 0.3 is 0 Å². The molecular formula is C38H46N4O3S. The van der Waals surface area contributed by atoms with Gasteiger partial charge in [0.05, 0.1) is 11.7 Å². The number of benzene rings is 3. The van der Waals surface area contributed by atoms with Crippen molar-refractivity contribution in [2.24, 2.45) is 0 Å². The molecule has 0 unspecified atom stereocenters. The fraction of sp³-hybridized carbons (Fsp3) is 0.395. The molecule has 0 bridgehead atoms. The lowest BCUT2D eigenvalue weighted by Gasteiger charge is -2.23. The van der Waals surface area contributed by atoms with Crippen LogP contribution in [0, 0.1) is 13.8 Å². The van der Waals surface area contributed by atoms with E-state index in [-0.39, 0.29) is 35.1 Å². The number of nitrogens with zero attached hydrogens (tertiary/aromatic N) is 2. The zero-order valence-corrected chi connectivity index (χ0v) is 28.6. The van der Waals surface area contributed by atoms with Crippen LogP contribution in [0.2, 0.25) is 0 Å². The molecule has 242 valence electrons. The first-order valence-corrected chi connectivity index (χ1v) is 17.1. The first-order chi connectivity index (χ1) is 21.9. The van der Waals surface area contributed by atoms with E-state index >= 15 is 0 Å². The van der Waals surface area contributed by atoms with Gasteiger partial charge in [0.1, 0.15) is 10.8 Å². The van der Waals surface area contributed by atoms with Gasteiger partial charge in [0.15, 0.2) is 0 Å². The van der Waals surface area contributed by atoms with Gasteiger partial charge in [0.2, 0.25) is 0 Å². The summed E-state index contributed by atoms with van der Waals surface area (Å²) >= 11 is 1.60. The van der Waals surface area contributed by atoms with Crippen molar-refractivity contribution in [1.82, 2.24) is 15.2 Å². The number of phenolic OH excluding ortho intramolecular Hbond substituents is 1. The lowest BCUT2D eigenvalue weighted by Crippen LogP contribution is -2.34. The third kappa shape index (κ3) is 8.15. The smallest absolute Gasteiger partial charge is 0.254 e. The average molecular weight is 639 g/mol. The molecule has 0 spiro atoms. The second kappa shape index (κ2) is 14.1. The molecule has 5 rings (SSSR count). The summed E-state index contributed by atoms with van der Waals surface area (Å²) in [6.45, 7) is 13.8. The van der Waals surface area contributed by atoms with Gasteiger partial charge in [-0.3, -0.25) is 9.59 Å². The highest BCUT2D eigenvalue weighted by molar-refractivity contribution is 7.09. The van der Waals surface area contributed by atoms with E-state index < -0.39 is 0 Å². The van der Waals surface area contributed by atoms with E-state index in [0.717, 1.165) is 40.2 Å². The Morgan fingerprint density at radius 1 is 1.04 bits per heavy atom. The summed E-state index contributed by atoms with van der Waals surface area (Å²) in [7, 11) is 0. The molecule has 0 saturated carbocycles. The minimum atomic E-state index is -0.198. The first-order valence-electron chi connectivity index (χ1n) is 16.2. The number of likely N-dealkylation sites (tertiary alicyclic amines) is 1. The molecule has 8 heteroatoms. The monoisotopic (exact) mass is 638 g/mol. The lowest BCUT2D eigenvalue weighted by molar-refractivity contribution is 0.0735. The van der Waals surface area contributed by atoms with E-state index in [0.29, 0.717) is 42.7 Å². The SMILES string of the molecule is Cc1cc(C(=O)N[C@@H](C)CCc2ccc(NCc3cccc(C(C)(C)C)c3)c(O)c2)cc(C(=O)N2CCC[C@@H]2c2nc(C)cs2)c1. The normalized spacial score (nSPS) is 15.5. The van der Waals surface area contributed by atoms with Crippen molar-refractivity contribution in [2.75, 3.05) is 11.9 Å². The highest BCUT2D eigenvalue weighted by Crippen LogP contribution is 2.35. The third-order valence-corrected chi connectivity index (χ3v) is 9.67. The fourth-order valence-corrected chi connectivity index (χ4v) is 6.93. The number of thiazole rings is 1. The fourth-order valence-electron chi connectivity index (χ4n) is 5.98. The number of carbonyl (C=O) groups is 2. The predicted molar refractivity (Wildman–Crippen MR) is 187 cm³/mol.